The van der Waals surface area contributed by atoms with Crippen LogP contribution in [0.15, 0.2) is 48.5 Å². The summed E-state index contributed by atoms with van der Waals surface area (Å²) in [7, 11) is 0. The molecule has 0 atom stereocenters. The first-order chi connectivity index (χ1) is 15.7. The molecule has 0 spiro atoms. The standard InChI is InChI=1S/C28H37N3O/c1-22-12-7-8-15-24(22)28(32)29-20-11-3-6-18-27-30-25-16-9-10-17-26(25)31(27)21-19-23-13-4-2-5-14-23/h7-10,12,15-17,23H,2-6,11,13-14,18-21H2,1H3,(H,29,32). The molecule has 3 aromatic rings. The molecule has 0 saturated heterocycles. The molecule has 1 aromatic heterocycles. The highest BCUT2D eigenvalue weighted by Gasteiger charge is 2.16. The van der Waals surface area contributed by atoms with Gasteiger partial charge in [-0.25, -0.2) is 4.98 Å². The lowest BCUT2D eigenvalue weighted by Gasteiger charge is -2.22. The van der Waals surface area contributed by atoms with Gasteiger partial charge in [0.2, 0.25) is 0 Å². The summed E-state index contributed by atoms with van der Waals surface area (Å²) in [5.41, 5.74) is 4.21. The van der Waals surface area contributed by atoms with E-state index in [1.54, 1.807) is 0 Å². The zero-order valence-corrected chi connectivity index (χ0v) is 19.5. The van der Waals surface area contributed by atoms with Gasteiger partial charge in [0.1, 0.15) is 5.82 Å². The van der Waals surface area contributed by atoms with Crippen molar-refractivity contribution in [2.45, 2.75) is 77.7 Å². The predicted molar refractivity (Wildman–Crippen MR) is 132 cm³/mol. The van der Waals surface area contributed by atoms with Crippen LogP contribution in [0.4, 0.5) is 0 Å². The first-order valence-electron chi connectivity index (χ1n) is 12.5. The molecular weight excluding hydrogens is 394 g/mol. The number of fused-ring (bicyclic) bond motifs is 1. The van der Waals surface area contributed by atoms with Crippen LogP contribution in [0.5, 0.6) is 0 Å². The molecule has 0 bridgehead atoms. The fourth-order valence-electron chi connectivity index (χ4n) is 5.06. The number of aromatic nitrogens is 2. The minimum absolute atomic E-state index is 0.0348. The van der Waals surface area contributed by atoms with Crippen molar-refractivity contribution >= 4 is 16.9 Å². The number of benzene rings is 2. The van der Waals surface area contributed by atoms with Crippen molar-refractivity contribution in [2.75, 3.05) is 6.54 Å². The predicted octanol–water partition coefficient (Wildman–Crippen LogP) is 6.46. The Balaban J connectivity index is 1.26. The van der Waals surface area contributed by atoms with Crippen molar-refractivity contribution in [3.63, 3.8) is 0 Å². The highest BCUT2D eigenvalue weighted by Crippen LogP contribution is 2.28. The first kappa shape index (κ1) is 22.6. The molecule has 2 aromatic carbocycles. The average Bonchev–Trinajstić information content (AvgIpc) is 3.18. The minimum Gasteiger partial charge on any atom is -0.352 e. The van der Waals surface area contributed by atoms with Gasteiger partial charge in [0.15, 0.2) is 0 Å². The number of carbonyl (C=O) groups excluding carboxylic acids is 1. The summed E-state index contributed by atoms with van der Waals surface area (Å²) in [5.74, 6) is 2.15. The molecule has 1 heterocycles. The lowest BCUT2D eigenvalue weighted by Crippen LogP contribution is -2.25. The summed E-state index contributed by atoms with van der Waals surface area (Å²) in [6, 6.07) is 16.3. The molecule has 170 valence electrons. The van der Waals surface area contributed by atoms with Gasteiger partial charge >= 0.3 is 0 Å². The molecule has 4 rings (SSSR count). The minimum atomic E-state index is 0.0348. The van der Waals surface area contributed by atoms with Crippen LogP contribution in [0.3, 0.4) is 0 Å². The van der Waals surface area contributed by atoms with Gasteiger partial charge in [-0.2, -0.15) is 0 Å². The van der Waals surface area contributed by atoms with Crippen molar-refractivity contribution in [1.82, 2.24) is 14.9 Å². The summed E-state index contributed by atoms with van der Waals surface area (Å²) >= 11 is 0. The van der Waals surface area contributed by atoms with Crippen LogP contribution in [0.1, 0.15) is 79.5 Å². The molecule has 0 aliphatic heterocycles. The topological polar surface area (TPSA) is 46.9 Å². The van der Waals surface area contributed by atoms with Gasteiger partial charge < -0.3 is 9.88 Å². The second kappa shape index (κ2) is 11.3. The van der Waals surface area contributed by atoms with Crippen molar-refractivity contribution in [1.29, 1.82) is 0 Å². The smallest absolute Gasteiger partial charge is 0.251 e. The molecular formula is C28H37N3O. The number of carbonyl (C=O) groups is 1. The van der Waals surface area contributed by atoms with Crippen molar-refractivity contribution in [3.05, 3.63) is 65.5 Å². The van der Waals surface area contributed by atoms with E-state index in [0.29, 0.717) is 0 Å². The SMILES string of the molecule is Cc1ccccc1C(=O)NCCCCCc1nc2ccccc2n1CCC1CCCCC1. The molecule has 1 aliphatic carbocycles. The van der Waals surface area contributed by atoms with Crippen LogP contribution in [0.25, 0.3) is 11.0 Å². The van der Waals surface area contributed by atoms with E-state index in [-0.39, 0.29) is 5.91 Å². The average molecular weight is 432 g/mol. The number of imidazole rings is 1. The third kappa shape index (κ3) is 5.79. The Labute approximate surface area is 192 Å². The molecule has 1 saturated carbocycles. The molecule has 1 amide bonds. The molecule has 0 unspecified atom stereocenters. The third-order valence-corrected chi connectivity index (χ3v) is 6.97. The fraction of sp³-hybridized carbons (Fsp3) is 0.500. The second-order valence-corrected chi connectivity index (χ2v) is 9.34. The molecule has 1 N–H and O–H groups in total. The van der Waals surface area contributed by atoms with Gasteiger partial charge in [0.25, 0.3) is 5.91 Å². The Hall–Kier alpha value is -2.62. The molecule has 1 aliphatic rings. The number of nitrogens with one attached hydrogen (secondary N) is 1. The van der Waals surface area contributed by atoms with Crippen LogP contribution in [0, 0.1) is 12.8 Å². The monoisotopic (exact) mass is 431 g/mol. The lowest BCUT2D eigenvalue weighted by atomic mass is 9.87. The zero-order chi connectivity index (χ0) is 22.2. The van der Waals surface area contributed by atoms with E-state index in [2.05, 4.69) is 34.1 Å². The van der Waals surface area contributed by atoms with E-state index in [1.807, 2.05) is 31.2 Å². The second-order valence-electron chi connectivity index (χ2n) is 9.34. The van der Waals surface area contributed by atoms with Crippen LogP contribution >= 0.6 is 0 Å². The number of unbranched alkanes of at least 4 members (excludes halogenated alkanes) is 2. The summed E-state index contributed by atoms with van der Waals surface area (Å²) in [5, 5.41) is 3.07. The number of nitrogens with zero attached hydrogens (tertiary/aromatic N) is 2. The van der Waals surface area contributed by atoms with E-state index in [4.69, 9.17) is 4.98 Å². The highest BCUT2D eigenvalue weighted by molar-refractivity contribution is 5.95. The maximum Gasteiger partial charge on any atom is 0.251 e. The van der Waals surface area contributed by atoms with Gasteiger partial charge in [-0.3, -0.25) is 4.79 Å². The van der Waals surface area contributed by atoms with Crippen LogP contribution in [0.2, 0.25) is 0 Å². The van der Waals surface area contributed by atoms with Crippen LogP contribution in [-0.4, -0.2) is 22.0 Å². The van der Waals surface area contributed by atoms with E-state index >= 15 is 0 Å². The highest BCUT2D eigenvalue weighted by atomic mass is 16.1. The lowest BCUT2D eigenvalue weighted by molar-refractivity contribution is 0.0952. The summed E-state index contributed by atoms with van der Waals surface area (Å²) in [6.07, 6.45) is 12.5. The van der Waals surface area contributed by atoms with Crippen molar-refractivity contribution < 1.29 is 4.79 Å². The zero-order valence-electron chi connectivity index (χ0n) is 19.5. The van der Waals surface area contributed by atoms with Gasteiger partial charge in [0.05, 0.1) is 11.0 Å². The van der Waals surface area contributed by atoms with E-state index in [0.717, 1.165) is 61.3 Å². The molecule has 4 nitrogen and oxygen atoms in total. The Morgan fingerprint density at radius 3 is 2.62 bits per heavy atom. The van der Waals surface area contributed by atoms with Crippen LogP contribution in [-0.2, 0) is 13.0 Å². The van der Waals surface area contributed by atoms with E-state index in [9.17, 15) is 4.79 Å². The van der Waals surface area contributed by atoms with Gasteiger partial charge in [0, 0.05) is 25.1 Å². The van der Waals surface area contributed by atoms with Crippen LogP contribution < -0.4 is 5.32 Å². The number of amides is 1. The first-order valence-corrected chi connectivity index (χ1v) is 12.5. The number of aryl methyl sites for hydroxylation is 3. The summed E-state index contributed by atoms with van der Waals surface area (Å²) < 4.78 is 2.48. The molecule has 0 radical (unpaired) electrons. The van der Waals surface area contributed by atoms with E-state index in [1.165, 1.54) is 49.9 Å². The Morgan fingerprint density at radius 1 is 1.00 bits per heavy atom. The maximum atomic E-state index is 12.3. The Kier molecular flexibility index (Phi) is 7.97. The van der Waals surface area contributed by atoms with Gasteiger partial charge in [-0.15, -0.1) is 0 Å². The fourth-order valence-corrected chi connectivity index (χ4v) is 5.06. The number of rotatable bonds is 10. The van der Waals surface area contributed by atoms with E-state index < -0.39 is 0 Å². The number of para-hydroxylation sites is 2. The third-order valence-electron chi connectivity index (χ3n) is 6.97. The maximum absolute atomic E-state index is 12.3. The van der Waals surface area contributed by atoms with Crippen molar-refractivity contribution in [3.8, 4) is 0 Å². The van der Waals surface area contributed by atoms with Gasteiger partial charge in [-0.1, -0.05) is 68.9 Å². The Morgan fingerprint density at radius 2 is 1.78 bits per heavy atom. The van der Waals surface area contributed by atoms with Gasteiger partial charge in [-0.05, 0) is 55.9 Å². The largest absolute Gasteiger partial charge is 0.352 e. The number of hydrogen-bond donors (Lipinski definition) is 1. The molecule has 32 heavy (non-hydrogen) atoms. The normalized spacial score (nSPS) is 14.7. The molecule has 4 heteroatoms. The summed E-state index contributed by atoms with van der Waals surface area (Å²) in [6.45, 7) is 3.80. The molecule has 1 fully saturated rings. The number of hydrogen-bond acceptors (Lipinski definition) is 2. The summed E-state index contributed by atoms with van der Waals surface area (Å²) in [4.78, 5) is 17.3. The van der Waals surface area contributed by atoms with Crippen molar-refractivity contribution in [2.24, 2.45) is 5.92 Å². The quantitative estimate of drug-likeness (QED) is 0.375. The Bertz CT molecular complexity index is 1020.